The molecule has 0 radical (unpaired) electrons. The van der Waals surface area contributed by atoms with Crippen LogP contribution >= 0.6 is 11.3 Å². The van der Waals surface area contributed by atoms with Crippen molar-refractivity contribution >= 4 is 22.3 Å². The van der Waals surface area contributed by atoms with Gasteiger partial charge in [0.1, 0.15) is 6.61 Å². The van der Waals surface area contributed by atoms with Crippen LogP contribution in [0.2, 0.25) is 0 Å². The lowest BCUT2D eigenvalue weighted by Crippen LogP contribution is -2.16. The summed E-state index contributed by atoms with van der Waals surface area (Å²) in [6.07, 6.45) is 2.18. The predicted molar refractivity (Wildman–Crippen MR) is 73.4 cm³/mol. The monoisotopic (exact) mass is 280 g/mol. The van der Waals surface area contributed by atoms with E-state index < -0.39 is 0 Å². The lowest BCUT2D eigenvalue weighted by atomic mass is 10.2. The van der Waals surface area contributed by atoms with Crippen LogP contribution in [0.4, 0.5) is 0 Å². The molecule has 0 aliphatic rings. The second kappa shape index (κ2) is 5.97. The zero-order chi connectivity index (χ0) is 13.8. The summed E-state index contributed by atoms with van der Waals surface area (Å²) in [5.41, 5.74) is 1.23. The molecule has 0 aromatic carbocycles. The van der Waals surface area contributed by atoms with Gasteiger partial charge in [0.05, 0.1) is 5.69 Å². The molecule has 2 heterocycles. The van der Waals surface area contributed by atoms with Gasteiger partial charge in [-0.2, -0.15) is 0 Å². The van der Waals surface area contributed by atoms with Crippen molar-refractivity contribution in [3.05, 3.63) is 33.2 Å². The van der Waals surface area contributed by atoms with Gasteiger partial charge < -0.3 is 4.74 Å². The molecule has 2 aromatic rings. The van der Waals surface area contributed by atoms with Crippen molar-refractivity contribution in [2.24, 2.45) is 0 Å². The molecule has 0 unspecified atom stereocenters. The summed E-state index contributed by atoms with van der Waals surface area (Å²) >= 11 is 1.40. The lowest BCUT2D eigenvalue weighted by Gasteiger charge is -2.04. The molecule has 0 amide bonds. The van der Waals surface area contributed by atoms with Gasteiger partial charge in [-0.3, -0.25) is 14.0 Å². The molecule has 6 heteroatoms. The van der Waals surface area contributed by atoms with E-state index in [-0.39, 0.29) is 18.1 Å². The van der Waals surface area contributed by atoms with E-state index in [9.17, 15) is 9.59 Å². The summed E-state index contributed by atoms with van der Waals surface area (Å²) < 4.78 is 6.64. The molecule has 0 aliphatic carbocycles. The van der Waals surface area contributed by atoms with Crippen LogP contribution in [0.1, 0.15) is 37.6 Å². The number of esters is 1. The molecule has 102 valence electrons. The number of carbonyl (C=O) groups is 1. The molecule has 0 aliphatic heterocycles. The Bertz CT molecular complexity index is 645. The first-order valence-electron chi connectivity index (χ1n) is 6.24. The zero-order valence-corrected chi connectivity index (χ0v) is 11.8. The van der Waals surface area contributed by atoms with E-state index in [0.29, 0.717) is 17.1 Å². The van der Waals surface area contributed by atoms with Crippen LogP contribution < -0.4 is 5.56 Å². The van der Waals surface area contributed by atoms with Crippen LogP contribution in [0.15, 0.2) is 16.2 Å². The van der Waals surface area contributed by atoms with E-state index >= 15 is 0 Å². The Kier molecular flexibility index (Phi) is 4.31. The highest BCUT2D eigenvalue weighted by molar-refractivity contribution is 7.15. The average Bonchev–Trinajstić information content (AvgIpc) is 2.76. The van der Waals surface area contributed by atoms with E-state index in [0.717, 1.165) is 18.5 Å². The number of carbonyl (C=O) groups excluding carboxylic acids is 1. The topological polar surface area (TPSA) is 60.7 Å². The first kappa shape index (κ1) is 13.7. The van der Waals surface area contributed by atoms with Crippen molar-refractivity contribution < 1.29 is 9.53 Å². The molecule has 2 aromatic heterocycles. The van der Waals surface area contributed by atoms with Crippen LogP contribution in [-0.2, 0) is 16.1 Å². The molecule has 2 rings (SSSR count). The first-order chi connectivity index (χ1) is 9.11. The summed E-state index contributed by atoms with van der Waals surface area (Å²) in [7, 11) is 0. The van der Waals surface area contributed by atoms with Crippen molar-refractivity contribution in [2.75, 3.05) is 0 Å². The van der Waals surface area contributed by atoms with E-state index in [1.807, 2.05) is 19.2 Å². The number of unbranched alkanes of at least 4 members (excludes halogenated alkanes) is 1. The first-order valence-corrected chi connectivity index (χ1v) is 7.12. The number of rotatable bonds is 5. The summed E-state index contributed by atoms with van der Waals surface area (Å²) in [6.45, 7) is 3.94. The van der Waals surface area contributed by atoms with Gasteiger partial charge in [-0.05, 0) is 13.3 Å². The van der Waals surface area contributed by atoms with E-state index in [1.165, 1.54) is 17.4 Å². The number of hydrogen-bond donors (Lipinski definition) is 0. The molecular formula is C13H16N2O3S. The Morgan fingerprint density at radius 1 is 1.53 bits per heavy atom. The normalized spacial score (nSPS) is 10.8. The lowest BCUT2D eigenvalue weighted by molar-refractivity contribution is -0.145. The zero-order valence-electron chi connectivity index (χ0n) is 11.0. The third-order valence-corrected chi connectivity index (χ3v) is 3.69. The van der Waals surface area contributed by atoms with Crippen molar-refractivity contribution in [1.29, 1.82) is 0 Å². The summed E-state index contributed by atoms with van der Waals surface area (Å²) in [4.78, 5) is 28.2. The van der Waals surface area contributed by atoms with Crippen LogP contribution in [0.3, 0.4) is 0 Å². The van der Waals surface area contributed by atoms with Gasteiger partial charge in [-0.25, -0.2) is 4.98 Å². The van der Waals surface area contributed by atoms with Crippen molar-refractivity contribution in [3.63, 3.8) is 0 Å². The van der Waals surface area contributed by atoms with Crippen LogP contribution in [-0.4, -0.2) is 15.4 Å². The number of fused-ring (bicyclic) bond motifs is 1. The minimum atomic E-state index is -0.244. The average molecular weight is 280 g/mol. The highest BCUT2D eigenvalue weighted by Crippen LogP contribution is 2.12. The van der Waals surface area contributed by atoms with Crippen LogP contribution in [0.25, 0.3) is 4.96 Å². The number of aromatic nitrogens is 2. The SMILES string of the molecule is CCCCC(=O)OCc1cc(=O)n2c(C)csc2n1. The van der Waals surface area contributed by atoms with Gasteiger partial charge in [-0.1, -0.05) is 13.3 Å². The number of thiazole rings is 1. The second-order valence-electron chi connectivity index (χ2n) is 4.35. The Balaban J connectivity index is 2.09. The van der Waals surface area contributed by atoms with Gasteiger partial charge in [0.25, 0.3) is 5.56 Å². The molecule has 19 heavy (non-hydrogen) atoms. The second-order valence-corrected chi connectivity index (χ2v) is 5.18. The van der Waals surface area contributed by atoms with Crippen LogP contribution in [0.5, 0.6) is 0 Å². The molecule has 0 bridgehead atoms. The van der Waals surface area contributed by atoms with Gasteiger partial charge in [0, 0.05) is 23.6 Å². The summed E-state index contributed by atoms with van der Waals surface area (Å²) in [5, 5.41) is 1.88. The third-order valence-electron chi connectivity index (χ3n) is 2.74. The third kappa shape index (κ3) is 3.20. The van der Waals surface area contributed by atoms with Crippen molar-refractivity contribution in [2.45, 2.75) is 39.7 Å². The maximum atomic E-state index is 11.9. The Labute approximate surface area is 114 Å². The van der Waals surface area contributed by atoms with Crippen molar-refractivity contribution in [3.8, 4) is 0 Å². The molecule has 0 fully saturated rings. The smallest absolute Gasteiger partial charge is 0.306 e. The molecule has 0 saturated carbocycles. The fourth-order valence-electron chi connectivity index (χ4n) is 1.72. The molecule has 0 N–H and O–H groups in total. The Morgan fingerprint density at radius 3 is 3.05 bits per heavy atom. The van der Waals surface area contributed by atoms with Gasteiger partial charge in [-0.15, -0.1) is 11.3 Å². The number of aryl methyl sites for hydroxylation is 1. The molecule has 0 spiro atoms. The van der Waals surface area contributed by atoms with E-state index in [2.05, 4.69) is 4.98 Å². The Hall–Kier alpha value is -1.69. The largest absolute Gasteiger partial charge is 0.459 e. The number of ether oxygens (including phenoxy) is 1. The maximum absolute atomic E-state index is 11.9. The number of nitrogens with zero attached hydrogens (tertiary/aromatic N) is 2. The summed E-state index contributed by atoms with van der Waals surface area (Å²) in [6, 6.07) is 1.42. The fourth-order valence-corrected chi connectivity index (χ4v) is 2.61. The van der Waals surface area contributed by atoms with Crippen LogP contribution in [0, 0.1) is 6.92 Å². The minimum absolute atomic E-state index is 0.0607. The molecule has 0 atom stereocenters. The number of hydrogen-bond acceptors (Lipinski definition) is 5. The van der Waals surface area contributed by atoms with E-state index in [1.54, 1.807) is 4.40 Å². The van der Waals surface area contributed by atoms with Crippen molar-refractivity contribution in [1.82, 2.24) is 9.38 Å². The summed E-state index contributed by atoms with van der Waals surface area (Å²) in [5.74, 6) is -0.244. The minimum Gasteiger partial charge on any atom is -0.459 e. The molecule has 5 nitrogen and oxygen atoms in total. The van der Waals surface area contributed by atoms with E-state index in [4.69, 9.17) is 4.74 Å². The fraction of sp³-hybridized carbons (Fsp3) is 0.462. The highest BCUT2D eigenvalue weighted by Gasteiger charge is 2.08. The van der Waals surface area contributed by atoms with Gasteiger partial charge in [0.2, 0.25) is 0 Å². The van der Waals surface area contributed by atoms with Gasteiger partial charge in [0.15, 0.2) is 4.96 Å². The molecular weight excluding hydrogens is 264 g/mol. The standard InChI is InChI=1S/C13H16N2O3S/c1-3-4-5-12(17)18-7-10-6-11(16)15-9(2)8-19-13(15)14-10/h6,8H,3-5,7H2,1-2H3. The Morgan fingerprint density at radius 2 is 2.32 bits per heavy atom. The molecule has 0 saturated heterocycles. The van der Waals surface area contributed by atoms with Gasteiger partial charge >= 0.3 is 5.97 Å². The maximum Gasteiger partial charge on any atom is 0.306 e. The quantitative estimate of drug-likeness (QED) is 0.788. The predicted octanol–water partition coefficient (Wildman–Crippen LogP) is 2.30. The highest BCUT2D eigenvalue weighted by atomic mass is 32.1.